The second kappa shape index (κ2) is 10.8. The Morgan fingerprint density at radius 1 is 1.12 bits per heavy atom. The number of nitrogen functional groups attached to an aromatic ring is 1. The molecule has 3 aromatic heterocycles. The Morgan fingerprint density at radius 2 is 1.95 bits per heavy atom. The summed E-state index contributed by atoms with van der Waals surface area (Å²) in [6, 6.07) is 10.00. The lowest BCUT2D eigenvalue weighted by Crippen LogP contribution is -2.29. The van der Waals surface area contributed by atoms with Gasteiger partial charge in [0.2, 0.25) is 5.91 Å². The third-order valence-electron chi connectivity index (χ3n) is 6.37. The number of alkyl halides is 4. The second-order valence-corrected chi connectivity index (χ2v) is 9.29. The summed E-state index contributed by atoms with van der Waals surface area (Å²) in [5.74, 6) is -0.402. The Morgan fingerprint density at radius 3 is 2.60 bits per heavy atom. The number of aromatic nitrogens is 2. The smallest absolute Gasteiger partial charge is 0.420 e. The maximum absolute atomic E-state index is 13.9. The van der Waals surface area contributed by atoms with Gasteiger partial charge in [0, 0.05) is 36.0 Å². The molecule has 4 heterocycles. The number of anilines is 1. The molecule has 0 saturated carbocycles. The normalized spacial score (nSPS) is 15.7. The van der Waals surface area contributed by atoms with E-state index in [1.807, 2.05) is 0 Å². The number of benzene rings is 1. The number of rotatable bonds is 6. The molecule has 1 atom stereocenters. The fraction of sp³-hybridized carbons (Fsp3) is 0.214. The molecule has 1 aliphatic rings. The van der Waals surface area contributed by atoms with Crippen LogP contribution in [0.1, 0.15) is 33.7 Å². The van der Waals surface area contributed by atoms with Crippen molar-refractivity contribution in [2.75, 3.05) is 18.8 Å². The molecule has 3 N–H and O–H groups in total. The molecule has 1 saturated heterocycles. The molecule has 0 bridgehead atoms. The molecule has 40 heavy (non-hydrogen) atoms. The van der Waals surface area contributed by atoms with Crippen LogP contribution in [0.3, 0.4) is 0 Å². The second-order valence-electron chi connectivity index (χ2n) is 9.29. The lowest BCUT2D eigenvalue weighted by Gasteiger charge is -2.15. The molecule has 0 radical (unpaired) electrons. The lowest BCUT2D eigenvalue weighted by molar-refractivity contribution is -0.136. The molecule has 1 aliphatic heterocycles. The van der Waals surface area contributed by atoms with Crippen LogP contribution in [0.25, 0.3) is 28.3 Å². The minimum absolute atomic E-state index is 0.00577. The Labute approximate surface area is 225 Å². The van der Waals surface area contributed by atoms with Crippen LogP contribution in [0.4, 0.5) is 23.4 Å². The molecular weight excluding hydrogens is 530 g/mol. The van der Waals surface area contributed by atoms with Gasteiger partial charge in [0.05, 0.1) is 29.9 Å². The number of amides is 2. The van der Waals surface area contributed by atoms with Crippen LogP contribution in [0.2, 0.25) is 0 Å². The molecule has 1 unspecified atom stereocenters. The summed E-state index contributed by atoms with van der Waals surface area (Å²) in [6.45, 7) is 0.161. The number of halogens is 4. The minimum atomic E-state index is -4.73. The van der Waals surface area contributed by atoms with Gasteiger partial charge in [0.15, 0.2) is 0 Å². The Kier molecular flexibility index (Phi) is 7.24. The van der Waals surface area contributed by atoms with E-state index < -0.39 is 23.8 Å². The summed E-state index contributed by atoms with van der Waals surface area (Å²) in [6.07, 6.45) is 0.00944. The first kappa shape index (κ1) is 26.9. The van der Waals surface area contributed by atoms with Crippen LogP contribution in [0, 0.1) is 0 Å². The zero-order valence-electron chi connectivity index (χ0n) is 20.9. The fourth-order valence-corrected chi connectivity index (χ4v) is 4.35. The highest BCUT2D eigenvalue weighted by molar-refractivity contribution is 5.95. The van der Waals surface area contributed by atoms with Crippen LogP contribution in [0.5, 0.6) is 0 Å². The third kappa shape index (κ3) is 5.95. The lowest BCUT2D eigenvalue weighted by atomic mass is 10.0. The van der Waals surface area contributed by atoms with Crippen LogP contribution in [0.15, 0.2) is 65.4 Å². The van der Waals surface area contributed by atoms with E-state index in [4.69, 9.17) is 10.2 Å². The van der Waals surface area contributed by atoms with Gasteiger partial charge < -0.3 is 20.4 Å². The number of hydrogen-bond acceptors (Lipinski definition) is 6. The number of nitrogens with two attached hydrogens (primary N) is 1. The van der Waals surface area contributed by atoms with Crippen molar-refractivity contribution in [3.63, 3.8) is 0 Å². The maximum atomic E-state index is 13.9. The largest absolute Gasteiger partial charge is 0.459 e. The molecule has 206 valence electrons. The van der Waals surface area contributed by atoms with E-state index in [2.05, 4.69) is 15.3 Å². The number of likely N-dealkylation sites (tertiary alicyclic amines) is 1. The van der Waals surface area contributed by atoms with Gasteiger partial charge in [-0.15, -0.1) is 0 Å². The minimum Gasteiger partial charge on any atom is -0.459 e. The zero-order chi connectivity index (χ0) is 28.4. The summed E-state index contributed by atoms with van der Waals surface area (Å²) >= 11 is 0. The van der Waals surface area contributed by atoms with Crippen molar-refractivity contribution < 1.29 is 31.6 Å². The average molecular weight is 554 g/mol. The van der Waals surface area contributed by atoms with Crippen LogP contribution >= 0.6 is 0 Å². The molecule has 2 amide bonds. The van der Waals surface area contributed by atoms with Crippen molar-refractivity contribution in [1.29, 1.82) is 0 Å². The van der Waals surface area contributed by atoms with Gasteiger partial charge in [-0.1, -0.05) is 0 Å². The highest BCUT2D eigenvalue weighted by atomic mass is 19.4. The number of carbonyl (C=O) groups excluding carboxylic acids is 2. The van der Waals surface area contributed by atoms with Gasteiger partial charge >= 0.3 is 6.18 Å². The van der Waals surface area contributed by atoms with E-state index in [-0.39, 0.29) is 59.0 Å². The predicted molar refractivity (Wildman–Crippen MR) is 139 cm³/mol. The molecule has 12 heteroatoms. The first-order valence-corrected chi connectivity index (χ1v) is 12.3. The van der Waals surface area contributed by atoms with Gasteiger partial charge in [-0.2, -0.15) is 13.2 Å². The molecule has 8 nitrogen and oxygen atoms in total. The Hall–Kier alpha value is -4.74. The Balaban J connectivity index is 1.35. The van der Waals surface area contributed by atoms with E-state index in [1.165, 1.54) is 53.7 Å². The molecule has 0 spiro atoms. The van der Waals surface area contributed by atoms with Gasteiger partial charge in [-0.3, -0.25) is 14.6 Å². The molecular formula is C28H23F4N5O3. The molecule has 4 aromatic rings. The molecule has 1 aromatic carbocycles. The van der Waals surface area contributed by atoms with Gasteiger partial charge in [0.25, 0.3) is 5.91 Å². The van der Waals surface area contributed by atoms with Gasteiger partial charge in [0.1, 0.15) is 23.3 Å². The summed E-state index contributed by atoms with van der Waals surface area (Å²) in [5.41, 5.74) is 5.40. The zero-order valence-corrected chi connectivity index (χ0v) is 20.9. The number of nitrogens with zero attached hydrogens (tertiary/aromatic N) is 3. The highest BCUT2D eigenvalue weighted by Gasteiger charge is 2.35. The van der Waals surface area contributed by atoms with Crippen molar-refractivity contribution in [2.24, 2.45) is 0 Å². The van der Waals surface area contributed by atoms with Crippen LogP contribution in [-0.2, 0) is 17.5 Å². The average Bonchev–Trinajstić information content (AvgIpc) is 3.56. The number of furan rings is 1. The van der Waals surface area contributed by atoms with Crippen LogP contribution in [-0.4, -0.2) is 45.9 Å². The highest BCUT2D eigenvalue weighted by Crippen LogP contribution is 2.39. The maximum Gasteiger partial charge on any atom is 0.420 e. The van der Waals surface area contributed by atoms with E-state index in [1.54, 1.807) is 12.1 Å². The number of hydrogen-bond donors (Lipinski definition) is 2. The number of pyridine rings is 2. The van der Waals surface area contributed by atoms with Crippen molar-refractivity contribution in [1.82, 2.24) is 20.2 Å². The van der Waals surface area contributed by atoms with Crippen molar-refractivity contribution in [2.45, 2.75) is 25.3 Å². The first-order chi connectivity index (χ1) is 19.1. The SMILES string of the molecule is Nc1ccc(/C=C/C(=O)NCc2cc3cc(-c4ccc(C(=O)N5CCC(F)C5)cn4)cc(C(F)(F)F)c3o2)cn1. The van der Waals surface area contributed by atoms with Crippen molar-refractivity contribution in [3.8, 4) is 11.3 Å². The quantitative estimate of drug-likeness (QED) is 0.257. The summed E-state index contributed by atoms with van der Waals surface area (Å²) < 4.78 is 60.8. The molecule has 5 rings (SSSR count). The molecule has 0 aliphatic carbocycles. The summed E-state index contributed by atoms with van der Waals surface area (Å²) in [7, 11) is 0. The summed E-state index contributed by atoms with van der Waals surface area (Å²) in [4.78, 5) is 34.2. The number of nitrogens with one attached hydrogen (secondary N) is 1. The number of carbonyl (C=O) groups is 2. The van der Waals surface area contributed by atoms with Crippen molar-refractivity contribution >= 4 is 34.7 Å². The first-order valence-electron chi connectivity index (χ1n) is 12.3. The topological polar surface area (TPSA) is 114 Å². The van der Waals surface area contributed by atoms with Gasteiger partial charge in [-0.05, 0) is 60.5 Å². The van der Waals surface area contributed by atoms with Gasteiger partial charge in [-0.25, -0.2) is 9.37 Å². The van der Waals surface area contributed by atoms with E-state index in [0.717, 1.165) is 6.07 Å². The number of fused-ring (bicyclic) bond motifs is 1. The standard InChI is InChI=1S/C28H23F4N5O3/c29-20-7-8-37(15-20)27(39)17-3-4-23(34-13-17)18-9-19-10-21(40-26(19)22(11-18)28(30,31)32)14-36-25(38)6-2-16-1-5-24(33)35-12-16/h1-6,9-13,20H,7-8,14-15H2,(H2,33,35)(H,36,38)/b6-2+. The van der Waals surface area contributed by atoms with Crippen molar-refractivity contribution in [3.05, 3.63) is 83.4 Å². The van der Waals surface area contributed by atoms with Crippen LogP contribution < -0.4 is 11.1 Å². The fourth-order valence-electron chi connectivity index (χ4n) is 4.35. The molecule has 1 fully saturated rings. The van der Waals surface area contributed by atoms with E-state index in [0.29, 0.717) is 17.9 Å². The third-order valence-corrected chi connectivity index (χ3v) is 6.37. The Bertz CT molecular complexity index is 1580. The van der Waals surface area contributed by atoms with E-state index in [9.17, 15) is 27.2 Å². The monoisotopic (exact) mass is 553 g/mol. The summed E-state index contributed by atoms with van der Waals surface area (Å²) in [5, 5.41) is 2.74. The van der Waals surface area contributed by atoms with E-state index >= 15 is 0 Å². The predicted octanol–water partition coefficient (Wildman–Crippen LogP) is 5.00.